The summed E-state index contributed by atoms with van der Waals surface area (Å²) in [5.74, 6) is -0.594. The van der Waals surface area contributed by atoms with Crippen LogP contribution in [0.25, 0.3) is 11.1 Å². The van der Waals surface area contributed by atoms with Gasteiger partial charge in [0.15, 0.2) is 5.58 Å². The van der Waals surface area contributed by atoms with Gasteiger partial charge in [0.1, 0.15) is 17.0 Å². The van der Waals surface area contributed by atoms with Crippen LogP contribution in [0.4, 0.5) is 11.5 Å². The molecule has 2 N–H and O–H groups in total. The maximum Gasteiger partial charge on any atom is 0.294 e. The number of anilines is 2. The molecule has 0 saturated heterocycles. The molecule has 4 rings (SSSR count). The van der Waals surface area contributed by atoms with E-state index in [1.165, 1.54) is 0 Å². The number of aryl methyl sites for hydroxylation is 1. The second-order valence-corrected chi connectivity index (χ2v) is 9.93. The SMILES string of the molecule is Cc1ccc(NC(=O)c2oc3cccnc3c2NC(=O)C2CCC(C(=O)N(C)CCN(C)C)CC2)nc1. The van der Waals surface area contributed by atoms with Crippen molar-refractivity contribution in [3.05, 3.63) is 48.0 Å². The van der Waals surface area contributed by atoms with E-state index in [0.29, 0.717) is 49.1 Å². The van der Waals surface area contributed by atoms with Crippen molar-refractivity contribution in [1.82, 2.24) is 19.8 Å². The van der Waals surface area contributed by atoms with Crippen molar-refractivity contribution < 1.29 is 18.8 Å². The monoisotopic (exact) mass is 506 g/mol. The average Bonchev–Trinajstić information content (AvgIpc) is 3.26. The van der Waals surface area contributed by atoms with Crippen LogP contribution in [0.3, 0.4) is 0 Å². The zero-order valence-electron chi connectivity index (χ0n) is 21.8. The number of nitrogens with zero attached hydrogens (tertiary/aromatic N) is 4. The zero-order valence-corrected chi connectivity index (χ0v) is 21.8. The summed E-state index contributed by atoms with van der Waals surface area (Å²) in [6.07, 6.45) is 5.74. The normalized spacial score (nSPS) is 17.5. The summed E-state index contributed by atoms with van der Waals surface area (Å²) < 4.78 is 5.79. The Morgan fingerprint density at radius 3 is 2.38 bits per heavy atom. The number of likely N-dealkylation sites (N-methyl/N-ethyl adjacent to an activating group) is 2. The molecule has 0 unspecified atom stereocenters. The third-order valence-corrected chi connectivity index (χ3v) is 6.76. The van der Waals surface area contributed by atoms with Crippen molar-refractivity contribution in [1.29, 1.82) is 0 Å². The van der Waals surface area contributed by atoms with Gasteiger partial charge in [0.2, 0.25) is 17.6 Å². The smallest absolute Gasteiger partial charge is 0.294 e. The molecule has 0 radical (unpaired) electrons. The van der Waals surface area contributed by atoms with Crippen LogP contribution in [-0.2, 0) is 9.59 Å². The van der Waals surface area contributed by atoms with Crippen molar-refractivity contribution >= 4 is 40.3 Å². The van der Waals surface area contributed by atoms with Gasteiger partial charge in [-0.25, -0.2) is 4.98 Å². The third-order valence-electron chi connectivity index (χ3n) is 6.76. The molecule has 1 aliphatic carbocycles. The molecule has 1 aliphatic rings. The fourth-order valence-electron chi connectivity index (χ4n) is 4.52. The Bertz CT molecular complexity index is 1260. The lowest BCUT2D eigenvalue weighted by molar-refractivity contribution is -0.136. The van der Waals surface area contributed by atoms with E-state index in [0.717, 1.165) is 12.1 Å². The van der Waals surface area contributed by atoms with Gasteiger partial charge >= 0.3 is 0 Å². The van der Waals surface area contributed by atoms with Crippen LogP contribution in [0.1, 0.15) is 41.8 Å². The van der Waals surface area contributed by atoms with E-state index in [4.69, 9.17) is 4.42 Å². The summed E-state index contributed by atoms with van der Waals surface area (Å²) in [5.41, 5.74) is 2.02. The van der Waals surface area contributed by atoms with Gasteiger partial charge in [0, 0.05) is 44.4 Å². The van der Waals surface area contributed by atoms with Gasteiger partial charge < -0.3 is 24.9 Å². The molecule has 0 aliphatic heterocycles. The summed E-state index contributed by atoms with van der Waals surface area (Å²) in [4.78, 5) is 51.5. The number of pyridine rings is 2. The number of fused-ring (bicyclic) bond motifs is 1. The number of amides is 3. The Morgan fingerprint density at radius 2 is 1.70 bits per heavy atom. The lowest BCUT2D eigenvalue weighted by Crippen LogP contribution is -2.39. The van der Waals surface area contributed by atoms with Crippen molar-refractivity contribution in [3.8, 4) is 0 Å². The topological polar surface area (TPSA) is 121 Å². The van der Waals surface area contributed by atoms with E-state index in [-0.39, 0.29) is 35.1 Å². The Balaban J connectivity index is 1.43. The first-order valence-corrected chi connectivity index (χ1v) is 12.5. The number of carbonyl (C=O) groups excluding carboxylic acids is 3. The van der Waals surface area contributed by atoms with E-state index in [1.807, 2.05) is 39.0 Å². The van der Waals surface area contributed by atoms with Gasteiger partial charge in [0.05, 0.1) is 0 Å². The number of aromatic nitrogens is 2. The summed E-state index contributed by atoms with van der Waals surface area (Å²) >= 11 is 0. The number of nitrogens with one attached hydrogen (secondary N) is 2. The van der Waals surface area contributed by atoms with E-state index in [2.05, 4.69) is 20.6 Å². The van der Waals surface area contributed by atoms with Gasteiger partial charge in [-0.2, -0.15) is 0 Å². The fourth-order valence-corrected chi connectivity index (χ4v) is 4.52. The van der Waals surface area contributed by atoms with E-state index >= 15 is 0 Å². The molecule has 196 valence electrons. The molecule has 0 spiro atoms. The molecule has 10 nitrogen and oxygen atoms in total. The summed E-state index contributed by atoms with van der Waals surface area (Å²) in [5, 5.41) is 5.62. The Morgan fingerprint density at radius 1 is 0.973 bits per heavy atom. The predicted molar refractivity (Wildman–Crippen MR) is 141 cm³/mol. The summed E-state index contributed by atoms with van der Waals surface area (Å²) in [7, 11) is 5.80. The molecule has 10 heteroatoms. The average molecular weight is 507 g/mol. The third kappa shape index (κ3) is 6.32. The highest BCUT2D eigenvalue weighted by Gasteiger charge is 2.33. The second-order valence-electron chi connectivity index (χ2n) is 9.93. The molecule has 1 saturated carbocycles. The number of hydrogen-bond acceptors (Lipinski definition) is 7. The number of carbonyl (C=O) groups is 3. The molecule has 3 aromatic heterocycles. The highest BCUT2D eigenvalue weighted by Crippen LogP contribution is 2.34. The van der Waals surface area contributed by atoms with Crippen molar-refractivity contribution in [2.45, 2.75) is 32.6 Å². The minimum atomic E-state index is -0.528. The molecule has 0 aromatic carbocycles. The van der Waals surface area contributed by atoms with Gasteiger partial charge in [-0.05, 0) is 70.5 Å². The summed E-state index contributed by atoms with van der Waals surface area (Å²) in [6, 6.07) is 6.94. The molecular weight excluding hydrogens is 472 g/mol. The molecule has 0 bridgehead atoms. The quantitative estimate of drug-likeness (QED) is 0.479. The first kappa shape index (κ1) is 26.3. The second kappa shape index (κ2) is 11.5. The van der Waals surface area contributed by atoms with Gasteiger partial charge in [-0.3, -0.25) is 19.4 Å². The highest BCUT2D eigenvalue weighted by molar-refractivity contribution is 6.13. The number of hydrogen-bond donors (Lipinski definition) is 2. The van der Waals surface area contributed by atoms with Crippen LogP contribution in [0, 0.1) is 18.8 Å². The van der Waals surface area contributed by atoms with Crippen molar-refractivity contribution in [2.75, 3.05) is 44.9 Å². The standard InChI is InChI=1S/C27H34N6O4/c1-17-7-12-21(29-16-17)30-26(35)24-23(22-20(37-24)6-5-13-28-22)31-25(34)18-8-10-19(11-9-18)27(36)33(4)15-14-32(2)3/h5-7,12-13,16,18-19H,8-11,14-15H2,1-4H3,(H,31,34)(H,29,30,35). The molecule has 3 aromatic rings. The predicted octanol–water partition coefficient (Wildman–Crippen LogP) is 3.55. The molecule has 37 heavy (non-hydrogen) atoms. The number of furan rings is 1. The van der Waals surface area contributed by atoms with Crippen LogP contribution in [0.15, 0.2) is 41.1 Å². The zero-order chi connectivity index (χ0) is 26.5. The van der Waals surface area contributed by atoms with Gasteiger partial charge in [-0.1, -0.05) is 6.07 Å². The minimum absolute atomic E-state index is 0.0317. The Labute approximate surface area is 216 Å². The maximum absolute atomic E-state index is 13.2. The van der Waals surface area contributed by atoms with E-state index in [1.54, 1.807) is 35.5 Å². The van der Waals surface area contributed by atoms with E-state index < -0.39 is 5.91 Å². The van der Waals surface area contributed by atoms with Crippen LogP contribution in [-0.4, -0.2) is 71.7 Å². The van der Waals surface area contributed by atoms with Crippen LogP contribution in [0.5, 0.6) is 0 Å². The van der Waals surface area contributed by atoms with Crippen LogP contribution >= 0.6 is 0 Å². The minimum Gasteiger partial charge on any atom is -0.447 e. The molecule has 3 heterocycles. The molecule has 1 fully saturated rings. The Hall–Kier alpha value is -3.79. The van der Waals surface area contributed by atoms with Crippen LogP contribution in [0.2, 0.25) is 0 Å². The van der Waals surface area contributed by atoms with Gasteiger partial charge in [0.25, 0.3) is 5.91 Å². The maximum atomic E-state index is 13.2. The fraction of sp³-hybridized carbons (Fsp3) is 0.444. The Kier molecular flexibility index (Phi) is 8.17. The summed E-state index contributed by atoms with van der Waals surface area (Å²) in [6.45, 7) is 3.39. The largest absolute Gasteiger partial charge is 0.447 e. The van der Waals surface area contributed by atoms with Crippen molar-refractivity contribution in [3.63, 3.8) is 0 Å². The number of rotatable bonds is 8. The first-order chi connectivity index (χ1) is 17.7. The highest BCUT2D eigenvalue weighted by atomic mass is 16.3. The van der Waals surface area contributed by atoms with Crippen molar-refractivity contribution in [2.24, 2.45) is 11.8 Å². The lowest BCUT2D eigenvalue weighted by atomic mass is 9.81. The molecular formula is C27H34N6O4. The van der Waals surface area contributed by atoms with E-state index in [9.17, 15) is 14.4 Å². The van der Waals surface area contributed by atoms with Gasteiger partial charge in [-0.15, -0.1) is 0 Å². The molecule has 3 amide bonds. The lowest BCUT2D eigenvalue weighted by Gasteiger charge is -2.30. The first-order valence-electron chi connectivity index (χ1n) is 12.5. The van der Waals surface area contributed by atoms with Crippen LogP contribution < -0.4 is 10.6 Å². The molecule has 0 atom stereocenters.